The molecule has 0 N–H and O–H groups in total. The highest BCUT2D eigenvalue weighted by Gasteiger charge is 2.30. The average Bonchev–Trinajstić information content (AvgIpc) is 3.41. The van der Waals surface area contributed by atoms with Crippen LogP contribution in [0.1, 0.15) is 11.1 Å². The first-order chi connectivity index (χ1) is 14.8. The second-order valence-electron chi connectivity index (χ2n) is 5.83. The molecular formula is C20H18N2S8. The van der Waals surface area contributed by atoms with Crippen LogP contribution >= 0.6 is 94.1 Å². The molecule has 0 aliphatic carbocycles. The molecule has 2 aliphatic rings. The lowest BCUT2D eigenvalue weighted by molar-refractivity contribution is 1.27. The van der Waals surface area contributed by atoms with E-state index in [1.54, 1.807) is 0 Å². The summed E-state index contributed by atoms with van der Waals surface area (Å²) in [4.78, 5) is 8.27. The molecule has 0 spiro atoms. The quantitative estimate of drug-likeness (QED) is 0.322. The van der Waals surface area contributed by atoms with Gasteiger partial charge in [-0.3, -0.25) is 9.97 Å². The Morgan fingerprint density at radius 1 is 0.600 bits per heavy atom. The van der Waals surface area contributed by atoms with Gasteiger partial charge < -0.3 is 0 Å². The van der Waals surface area contributed by atoms with Crippen LogP contribution in [0.2, 0.25) is 0 Å². The Bertz CT molecular complexity index is 897. The molecule has 30 heavy (non-hydrogen) atoms. The Kier molecular flexibility index (Phi) is 9.37. The van der Waals surface area contributed by atoms with Gasteiger partial charge in [-0.2, -0.15) is 0 Å². The summed E-state index contributed by atoms with van der Waals surface area (Å²) in [7, 11) is 0. The van der Waals surface area contributed by atoms with Crippen LogP contribution in [-0.4, -0.2) is 22.5 Å². The molecule has 0 atom stereocenters. The molecule has 2 nitrogen and oxygen atoms in total. The van der Waals surface area contributed by atoms with Crippen molar-refractivity contribution in [2.24, 2.45) is 0 Å². The molecule has 0 aromatic carbocycles. The second-order valence-corrected chi connectivity index (χ2v) is 15.1. The fourth-order valence-corrected chi connectivity index (χ4v) is 13.4. The van der Waals surface area contributed by atoms with E-state index in [1.807, 2.05) is 119 Å². The molecule has 2 aromatic rings. The van der Waals surface area contributed by atoms with Crippen molar-refractivity contribution in [1.82, 2.24) is 9.97 Å². The van der Waals surface area contributed by atoms with Crippen molar-refractivity contribution in [3.63, 3.8) is 0 Å². The van der Waals surface area contributed by atoms with Gasteiger partial charge in [-0.15, -0.1) is 47.0 Å². The van der Waals surface area contributed by atoms with E-state index in [1.165, 1.54) is 36.5 Å². The third-order valence-corrected chi connectivity index (χ3v) is 15.3. The van der Waals surface area contributed by atoms with Crippen molar-refractivity contribution in [3.05, 3.63) is 85.6 Å². The first-order valence-corrected chi connectivity index (χ1v) is 16.5. The molecule has 0 unspecified atom stereocenters. The predicted molar refractivity (Wildman–Crippen MR) is 150 cm³/mol. The number of pyridine rings is 2. The van der Waals surface area contributed by atoms with Crippen LogP contribution in [0.3, 0.4) is 0 Å². The van der Waals surface area contributed by atoms with E-state index in [9.17, 15) is 0 Å². The number of nitrogens with zero attached hydrogens (tertiary/aromatic N) is 2. The van der Waals surface area contributed by atoms with Crippen molar-refractivity contribution in [1.29, 1.82) is 0 Å². The Labute approximate surface area is 211 Å². The topological polar surface area (TPSA) is 25.8 Å². The normalized spacial score (nSPS) is 16.9. The molecule has 10 heteroatoms. The van der Waals surface area contributed by atoms with Crippen molar-refractivity contribution >= 4 is 94.1 Å². The zero-order valence-corrected chi connectivity index (χ0v) is 22.7. The Morgan fingerprint density at radius 3 is 1.33 bits per heavy atom. The van der Waals surface area contributed by atoms with E-state index in [2.05, 4.69) is 46.7 Å². The van der Waals surface area contributed by atoms with E-state index >= 15 is 0 Å². The highest BCUT2D eigenvalue weighted by atomic mass is 32.3. The summed E-state index contributed by atoms with van der Waals surface area (Å²) < 4.78 is 8.56. The SMILES string of the molecule is CSC1=C(SC)SC(=C2SC(SCc3ccncc3)=C(SCc3ccncc3)S2)S1. The van der Waals surface area contributed by atoms with Crippen LogP contribution in [0, 0.1) is 0 Å². The van der Waals surface area contributed by atoms with E-state index in [-0.39, 0.29) is 0 Å². The lowest BCUT2D eigenvalue weighted by Gasteiger charge is -2.05. The number of hydrogen-bond donors (Lipinski definition) is 0. The fraction of sp³-hybridized carbons (Fsp3) is 0.200. The number of hydrogen-bond acceptors (Lipinski definition) is 10. The maximum absolute atomic E-state index is 4.14. The third-order valence-electron chi connectivity index (χ3n) is 3.85. The maximum Gasteiger partial charge on any atom is 0.0717 e. The van der Waals surface area contributed by atoms with Gasteiger partial charge in [-0.1, -0.05) is 47.0 Å². The van der Waals surface area contributed by atoms with Gasteiger partial charge in [0, 0.05) is 36.3 Å². The van der Waals surface area contributed by atoms with Gasteiger partial charge in [0.25, 0.3) is 0 Å². The molecular weight excluding hydrogens is 525 g/mol. The summed E-state index contributed by atoms with van der Waals surface area (Å²) in [6.07, 6.45) is 11.8. The van der Waals surface area contributed by atoms with Crippen LogP contribution in [-0.2, 0) is 11.5 Å². The Hall–Kier alpha value is 0.320. The molecule has 0 fully saturated rings. The summed E-state index contributed by atoms with van der Waals surface area (Å²) in [5.41, 5.74) is 2.63. The van der Waals surface area contributed by atoms with Gasteiger partial charge in [0.2, 0.25) is 0 Å². The zero-order valence-electron chi connectivity index (χ0n) is 16.2. The molecule has 2 aliphatic heterocycles. The summed E-state index contributed by atoms with van der Waals surface area (Å²) >= 11 is 15.4. The molecule has 0 saturated heterocycles. The van der Waals surface area contributed by atoms with Gasteiger partial charge in [0.1, 0.15) is 0 Å². The summed E-state index contributed by atoms with van der Waals surface area (Å²) in [6, 6.07) is 8.41. The van der Waals surface area contributed by atoms with Gasteiger partial charge >= 0.3 is 0 Å². The Balaban J connectivity index is 1.49. The van der Waals surface area contributed by atoms with Crippen LogP contribution in [0.15, 0.2) is 74.5 Å². The summed E-state index contributed by atoms with van der Waals surface area (Å²) in [5.74, 6) is 1.94. The average molecular weight is 543 g/mol. The number of thioether (sulfide) groups is 8. The maximum atomic E-state index is 4.14. The minimum absolute atomic E-state index is 0.970. The third kappa shape index (κ3) is 6.21. The summed E-state index contributed by atoms with van der Waals surface area (Å²) in [5, 5.41) is 0. The monoisotopic (exact) mass is 542 g/mol. The smallest absolute Gasteiger partial charge is 0.0717 e. The number of rotatable bonds is 8. The van der Waals surface area contributed by atoms with Crippen LogP contribution in [0.4, 0.5) is 0 Å². The Morgan fingerprint density at radius 2 is 0.967 bits per heavy atom. The van der Waals surface area contributed by atoms with Gasteiger partial charge in [0.05, 0.1) is 25.4 Å². The van der Waals surface area contributed by atoms with E-state index in [0.29, 0.717) is 0 Å². The first-order valence-electron chi connectivity index (χ1n) is 8.82. The standard InChI is InChI=1S/C20H18N2S8/c1-23-15-16(24-2)28-19(27-15)20-29-17(25-11-13-3-7-21-8-4-13)18(30-20)26-12-14-5-9-22-10-6-14/h3-10H,11-12H2,1-2H3. The highest BCUT2D eigenvalue weighted by molar-refractivity contribution is 8.44. The number of aromatic nitrogens is 2. The minimum atomic E-state index is 0.970. The first kappa shape index (κ1) is 23.5. The van der Waals surface area contributed by atoms with Crippen LogP contribution in [0.5, 0.6) is 0 Å². The van der Waals surface area contributed by atoms with E-state index in [4.69, 9.17) is 0 Å². The van der Waals surface area contributed by atoms with Gasteiger partial charge in [-0.25, -0.2) is 0 Å². The molecule has 0 saturated carbocycles. The van der Waals surface area contributed by atoms with Crippen molar-refractivity contribution in [3.8, 4) is 0 Å². The second kappa shape index (κ2) is 12.0. The zero-order chi connectivity index (χ0) is 20.8. The molecule has 156 valence electrons. The summed E-state index contributed by atoms with van der Waals surface area (Å²) in [6.45, 7) is 0. The highest BCUT2D eigenvalue weighted by Crippen LogP contribution is 2.66. The lowest BCUT2D eigenvalue weighted by atomic mass is 10.3. The molecule has 4 heterocycles. The predicted octanol–water partition coefficient (Wildman–Crippen LogP) is 8.71. The molecule has 4 rings (SSSR count). The van der Waals surface area contributed by atoms with Gasteiger partial charge in [0.15, 0.2) is 0 Å². The largest absolute Gasteiger partial charge is 0.265 e. The minimum Gasteiger partial charge on any atom is -0.265 e. The van der Waals surface area contributed by atoms with Crippen LogP contribution < -0.4 is 0 Å². The van der Waals surface area contributed by atoms with Crippen molar-refractivity contribution < 1.29 is 0 Å². The molecule has 0 bridgehead atoms. The molecule has 0 amide bonds. The van der Waals surface area contributed by atoms with E-state index in [0.717, 1.165) is 11.5 Å². The molecule has 2 aromatic heterocycles. The lowest BCUT2D eigenvalue weighted by Crippen LogP contribution is -1.82. The molecule has 0 radical (unpaired) electrons. The fourth-order valence-electron chi connectivity index (χ4n) is 2.39. The van der Waals surface area contributed by atoms with Crippen molar-refractivity contribution in [2.75, 3.05) is 12.5 Å². The van der Waals surface area contributed by atoms with Gasteiger partial charge in [-0.05, 0) is 47.9 Å². The van der Waals surface area contributed by atoms with E-state index < -0.39 is 0 Å². The van der Waals surface area contributed by atoms with Crippen LogP contribution in [0.25, 0.3) is 0 Å². The van der Waals surface area contributed by atoms with Crippen molar-refractivity contribution in [2.45, 2.75) is 11.5 Å².